The van der Waals surface area contributed by atoms with E-state index in [1.54, 1.807) is 14.2 Å². The number of methoxy groups -OCH3 is 1. The minimum atomic E-state index is -0.0732. The highest BCUT2D eigenvalue weighted by Crippen LogP contribution is 2.27. The van der Waals surface area contributed by atoms with E-state index in [2.05, 4.69) is 10.6 Å². The van der Waals surface area contributed by atoms with Crippen molar-refractivity contribution in [1.82, 2.24) is 10.6 Å². The molecule has 0 radical (unpaired) electrons. The van der Waals surface area contributed by atoms with Crippen LogP contribution in [-0.2, 0) is 13.1 Å². The van der Waals surface area contributed by atoms with Crippen molar-refractivity contribution in [2.24, 2.45) is 0 Å². The summed E-state index contributed by atoms with van der Waals surface area (Å²) in [5, 5.41) is 6.00. The van der Waals surface area contributed by atoms with E-state index in [1.807, 2.05) is 49.4 Å². The van der Waals surface area contributed by atoms with E-state index in [9.17, 15) is 4.79 Å². The van der Waals surface area contributed by atoms with E-state index >= 15 is 0 Å². The molecule has 0 spiro atoms. The minimum absolute atomic E-state index is 0.0732. The highest BCUT2D eigenvalue weighted by molar-refractivity contribution is 5.93. The van der Waals surface area contributed by atoms with E-state index in [4.69, 9.17) is 9.47 Å². The monoisotopic (exact) mass is 328 g/mol. The molecule has 0 saturated heterocycles. The van der Waals surface area contributed by atoms with E-state index in [0.29, 0.717) is 12.2 Å². The van der Waals surface area contributed by atoms with E-state index in [0.717, 1.165) is 35.7 Å². The molecule has 128 valence electrons. The van der Waals surface area contributed by atoms with Gasteiger partial charge in [0, 0.05) is 25.7 Å². The number of amides is 1. The third-order valence-corrected chi connectivity index (χ3v) is 3.63. The lowest BCUT2D eigenvalue weighted by Gasteiger charge is -2.11. The summed E-state index contributed by atoms with van der Waals surface area (Å²) in [7, 11) is 3.27. The van der Waals surface area contributed by atoms with Crippen molar-refractivity contribution in [3.05, 3.63) is 59.2 Å². The summed E-state index contributed by atoms with van der Waals surface area (Å²) in [6, 6.07) is 13.5. The standard InChI is InChI=1S/C19H24N2O3/c1-4-24-17-10-7-15(11-18(17)23-3)13-21-12-14-5-8-16(9-6-14)19(22)20-2/h5-11,21H,4,12-13H2,1-3H3,(H,20,22). The Kier molecular flexibility index (Phi) is 6.63. The van der Waals surface area contributed by atoms with Gasteiger partial charge in [0.25, 0.3) is 5.91 Å². The molecule has 0 aliphatic carbocycles. The fourth-order valence-electron chi connectivity index (χ4n) is 2.37. The number of hydrogen-bond acceptors (Lipinski definition) is 4. The molecule has 2 rings (SSSR count). The maximum Gasteiger partial charge on any atom is 0.251 e. The smallest absolute Gasteiger partial charge is 0.251 e. The molecule has 2 aromatic rings. The Bertz CT molecular complexity index is 669. The van der Waals surface area contributed by atoms with Crippen LogP contribution in [0.1, 0.15) is 28.4 Å². The van der Waals surface area contributed by atoms with Gasteiger partial charge in [0.15, 0.2) is 11.5 Å². The topological polar surface area (TPSA) is 59.6 Å². The number of carbonyl (C=O) groups is 1. The van der Waals surface area contributed by atoms with Gasteiger partial charge in [-0.05, 0) is 42.3 Å². The number of hydrogen-bond donors (Lipinski definition) is 2. The Morgan fingerprint density at radius 3 is 2.29 bits per heavy atom. The van der Waals surface area contributed by atoms with Crippen molar-refractivity contribution < 1.29 is 14.3 Å². The lowest BCUT2D eigenvalue weighted by Crippen LogP contribution is -2.18. The molecule has 2 aromatic carbocycles. The zero-order valence-corrected chi connectivity index (χ0v) is 14.4. The van der Waals surface area contributed by atoms with Crippen LogP contribution >= 0.6 is 0 Å². The molecule has 0 bridgehead atoms. The largest absolute Gasteiger partial charge is 0.493 e. The molecule has 1 amide bonds. The van der Waals surface area contributed by atoms with Gasteiger partial charge >= 0.3 is 0 Å². The Hall–Kier alpha value is -2.53. The van der Waals surface area contributed by atoms with Gasteiger partial charge in [-0.1, -0.05) is 18.2 Å². The summed E-state index contributed by atoms with van der Waals surface area (Å²) in [6.45, 7) is 4.01. The molecule has 0 saturated carbocycles. The van der Waals surface area contributed by atoms with E-state index in [1.165, 1.54) is 0 Å². The highest BCUT2D eigenvalue weighted by Gasteiger charge is 2.05. The summed E-state index contributed by atoms with van der Waals surface area (Å²) in [5.41, 5.74) is 2.91. The first-order valence-corrected chi connectivity index (χ1v) is 7.99. The Morgan fingerprint density at radius 1 is 1.00 bits per heavy atom. The molecule has 0 atom stereocenters. The van der Waals surface area contributed by atoms with Gasteiger partial charge in [-0.25, -0.2) is 0 Å². The third kappa shape index (κ3) is 4.73. The number of nitrogens with one attached hydrogen (secondary N) is 2. The van der Waals surface area contributed by atoms with Gasteiger partial charge in [-0.15, -0.1) is 0 Å². The second-order valence-electron chi connectivity index (χ2n) is 5.30. The average molecular weight is 328 g/mol. The average Bonchev–Trinajstić information content (AvgIpc) is 2.63. The quantitative estimate of drug-likeness (QED) is 0.782. The summed E-state index contributed by atoms with van der Waals surface area (Å²) >= 11 is 0. The van der Waals surface area contributed by atoms with Crippen LogP contribution in [0.25, 0.3) is 0 Å². The lowest BCUT2D eigenvalue weighted by molar-refractivity contribution is 0.0963. The number of rotatable bonds is 8. The van der Waals surface area contributed by atoms with Gasteiger partial charge in [0.05, 0.1) is 13.7 Å². The van der Waals surface area contributed by atoms with Crippen LogP contribution in [-0.4, -0.2) is 26.7 Å². The highest BCUT2D eigenvalue weighted by atomic mass is 16.5. The van der Waals surface area contributed by atoms with Crippen molar-refractivity contribution in [1.29, 1.82) is 0 Å². The number of benzene rings is 2. The van der Waals surface area contributed by atoms with Crippen LogP contribution in [0.15, 0.2) is 42.5 Å². The molecule has 0 unspecified atom stereocenters. The molecule has 0 aliphatic rings. The normalized spacial score (nSPS) is 10.3. The molecular formula is C19H24N2O3. The maximum absolute atomic E-state index is 11.5. The molecule has 0 heterocycles. The Labute approximate surface area is 143 Å². The van der Waals surface area contributed by atoms with Crippen molar-refractivity contribution >= 4 is 5.91 Å². The second kappa shape index (κ2) is 8.93. The maximum atomic E-state index is 11.5. The zero-order chi connectivity index (χ0) is 17.4. The van der Waals surface area contributed by atoms with Crippen molar-refractivity contribution in [3.63, 3.8) is 0 Å². The molecule has 24 heavy (non-hydrogen) atoms. The molecule has 0 aromatic heterocycles. The predicted molar refractivity (Wildman–Crippen MR) is 94.5 cm³/mol. The fraction of sp³-hybridized carbons (Fsp3) is 0.316. The van der Waals surface area contributed by atoms with Crippen LogP contribution in [0.2, 0.25) is 0 Å². The molecule has 5 heteroatoms. The fourth-order valence-corrected chi connectivity index (χ4v) is 2.37. The molecule has 2 N–H and O–H groups in total. The number of carbonyl (C=O) groups excluding carboxylic acids is 1. The van der Waals surface area contributed by atoms with E-state index < -0.39 is 0 Å². The van der Waals surface area contributed by atoms with Gasteiger partial charge in [0.2, 0.25) is 0 Å². The zero-order valence-electron chi connectivity index (χ0n) is 14.4. The predicted octanol–water partition coefficient (Wildman–Crippen LogP) is 2.74. The Morgan fingerprint density at radius 2 is 1.67 bits per heavy atom. The van der Waals surface area contributed by atoms with Crippen LogP contribution < -0.4 is 20.1 Å². The van der Waals surface area contributed by atoms with Gasteiger partial charge in [-0.3, -0.25) is 4.79 Å². The minimum Gasteiger partial charge on any atom is -0.493 e. The van der Waals surface area contributed by atoms with Gasteiger partial charge in [0.1, 0.15) is 0 Å². The van der Waals surface area contributed by atoms with Gasteiger partial charge in [-0.2, -0.15) is 0 Å². The number of ether oxygens (including phenoxy) is 2. The third-order valence-electron chi connectivity index (χ3n) is 3.63. The van der Waals surface area contributed by atoms with Gasteiger partial charge < -0.3 is 20.1 Å². The van der Waals surface area contributed by atoms with Crippen LogP contribution in [0.4, 0.5) is 0 Å². The van der Waals surface area contributed by atoms with Crippen LogP contribution in [0.3, 0.4) is 0 Å². The SMILES string of the molecule is CCOc1ccc(CNCc2ccc(C(=O)NC)cc2)cc1OC. The van der Waals surface area contributed by atoms with Crippen molar-refractivity contribution in [2.75, 3.05) is 20.8 Å². The second-order valence-corrected chi connectivity index (χ2v) is 5.30. The van der Waals surface area contributed by atoms with Crippen molar-refractivity contribution in [3.8, 4) is 11.5 Å². The van der Waals surface area contributed by atoms with Crippen LogP contribution in [0.5, 0.6) is 11.5 Å². The Balaban J connectivity index is 1.90. The lowest BCUT2D eigenvalue weighted by atomic mass is 10.1. The first-order chi connectivity index (χ1) is 11.7. The summed E-state index contributed by atoms with van der Waals surface area (Å²) < 4.78 is 10.9. The summed E-state index contributed by atoms with van der Waals surface area (Å²) in [6.07, 6.45) is 0. The summed E-state index contributed by atoms with van der Waals surface area (Å²) in [5.74, 6) is 1.43. The van der Waals surface area contributed by atoms with Crippen LogP contribution in [0, 0.1) is 0 Å². The molecule has 0 aliphatic heterocycles. The molecular weight excluding hydrogens is 304 g/mol. The van der Waals surface area contributed by atoms with E-state index in [-0.39, 0.29) is 5.91 Å². The molecule has 0 fully saturated rings. The first-order valence-electron chi connectivity index (χ1n) is 7.99. The molecule has 5 nitrogen and oxygen atoms in total. The first kappa shape index (κ1) is 17.8. The van der Waals surface area contributed by atoms with Crippen molar-refractivity contribution in [2.45, 2.75) is 20.0 Å². The summed E-state index contributed by atoms with van der Waals surface area (Å²) in [4.78, 5) is 11.5.